The van der Waals surface area contributed by atoms with Gasteiger partial charge in [0.05, 0.1) is 0 Å². The van der Waals surface area contributed by atoms with Crippen LogP contribution in [0.25, 0.3) is 0 Å². The summed E-state index contributed by atoms with van der Waals surface area (Å²) < 4.78 is 0. The van der Waals surface area contributed by atoms with Crippen LogP contribution in [0.1, 0.15) is 118 Å². The summed E-state index contributed by atoms with van der Waals surface area (Å²) in [4.78, 5) is 0. The first-order valence-electron chi connectivity index (χ1n) is 15.4. The lowest BCUT2D eigenvalue weighted by Crippen LogP contribution is -2.43. The predicted octanol–water partition coefficient (Wildman–Crippen LogP) is 10.8. The zero-order valence-corrected chi connectivity index (χ0v) is 28.7. The van der Waals surface area contributed by atoms with Crippen molar-refractivity contribution in [3.05, 3.63) is 0 Å². The second kappa shape index (κ2) is 15.1. The summed E-state index contributed by atoms with van der Waals surface area (Å²) in [5.74, 6) is 13.4. The van der Waals surface area contributed by atoms with E-state index in [-0.39, 0.29) is 0 Å². The molecule has 210 valence electrons. The normalized spacial score (nSPS) is 21.9. The Morgan fingerprint density at radius 2 is 0.639 bits per heavy atom. The fraction of sp³-hybridized carbons (Fsp3) is 0.886. The Labute approximate surface area is 231 Å². The number of hydrogen-bond donors (Lipinski definition) is 0. The van der Waals surface area contributed by atoms with Crippen LogP contribution in [0.4, 0.5) is 0 Å². The van der Waals surface area contributed by atoms with Gasteiger partial charge in [0.15, 0.2) is 0 Å². The van der Waals surface area contributed by atoms with Gasteiger partial charge in [0.1, 0.15) is 8.07 Å². The Morgan fingerprint density at radius 3 is 0.889 bits per heavy atom. The summed E-state index contributed by atoms with van der Waals surface area (Å²) in [6.45, 7) is 41.2. The Balaban J connectivity index is 5.58. The molecule has 1 heteroatoms. The molecule has 0 aliphatic rings. The number of rotatable bonds is 13. The summed E-state index contributed by atoms with van der Waals surface area (Å²) in [6, 6.07) is 0. The number of terminal acetylenes is 1. The van der Waals surface area contributed by atoms with Crippen LogP contribution in [-0.4, -0.2) is 8.07 Å². The fourth-order valence-corrected chi connectivity index (χ4v) is 12.6. The molecule has 0 heterocycles. The van der Waals surface area contributed by atoms with E-state index in [1.807, 2.05) is 0 Å². The van der Waals surface area contributed by atoms with Crippen LogP contribution in [-0.2, 0) is 0 Å². The fourth-order valence-electron chi connectivity index (χ4n) is 7.22. The molecule has 0 N–H and O–H groups in total. The van der Waals surface area contributed by atoms with Gasteiger partial charge in [-0.05, 0) is 69.9 Å². The van der Waals surface area contributed by atoms with E-state index in [2.05, 4.69) is 135 Å². The van der Waals surface area contributed by atoms with Gasteiger partial charge in [0.25, 0.3) is 0 Å². The van der Waals surface area contributed by atoms with Crippen LogP contribution in [0.15, 0.2) is 0 Å². The highest BCUT2D eigenvalue weighted by molar-refractivity contribution is 6.90. The first kappa shape index (κ1) is 35.3. The van der Waals surface area contributed by atoms with Gasteiger partial charge < -0.3 is 0 Å². The molecule has 0 saturated heterocycles. The van der Waals surface area contributed by atoms with Crippen molar-refractivity contribution in [1.29, 1.82) is 0 Å². The minimum Gasteiger partial charge on any atom is -0.130 e. The van der Waals surface area contributed by atoms with Crippen molar-refractivity contribution in [2.45, 2.75) is 134 Å². The van der Waals surface area contributed by atoms with E-state index in [0.29, 0.717) is 81.7 Å². The largest absolute Gasteiger partial charge is 0.145 e. The first-order valence-corrected chi connectivity index (χ1v) is 17.6. The lowest BCUT2D eigenvalue weighted by Gasteiger charge is -2.41. The molecular weight excluding hydrogens is 448 g/mol. The van der Waals surface area contributed by atoms with Gasteiger partial charge in [0.2, 0.25) is 0 Å². The zero-order chi connectivity index (χ0) is 28.7. The third kappa shape index (κ3) is 8.17. The molecule has 0 radical (unpaired) electrons. The van der Waals surface area contributed by atoms with E-state index in [1.54, 1.807) is 0 Å². The molecule has 0 rings (SSSR count). The average molecular weight is 515 g/mol. The van der Waals surface area contributed by atoms with Crippen LogP contribution >= 0.6 is 0 Å². The quantitative estimate of drug-likeness (QED) is 0.169. The van der Waals surface area contributed by atoms with Gasteiger partial charge in [-0.3, -0.25) is 0 Å². The van der Waals surface area contributed by atoms with Gasteiger partial charge in [-0.15, -0.1) is 23.8 Å². The summed E-state index contributed by atoms with van der Waals surface area (Å²) >= 11 is 0. The summed E-state index contributed by atoms with van der Waals surface area (Å²) in [5, 5.41) is 0. The molecule has 0 amide bonds. The van der Waals surface area contributed by atoms with E-state index in [9.17, 15) is 0 Å². The lowest BCUT2D eigenvalue weighted by molar-refractivity contribution is 0.0822. The predicted molar refractivity (Wildman–Crippen MR) is 168 cm³/mol. The molecule has 0 aliphatic heterocycles. The van der Waals surface area contributed by atoms with Crippen molar-refractivity contribution in [2.24, 2.45) is 65.1 Å². The Bertz CT molecular complexity index is 706. The zero-order valence-electron chi connectivity index (χ0n) is 27.7. The smallest absolute Gasteiger partial charge is 0.130 e. The van der Waals surface area contributed by atoms with Gasteiger partial charge in [-0.2, -0.15) is 0 Å². The molecule has 36 heavy (non-hydrogen) atoms. The first-order chi connectivity index (χ1) is 16.4. The molecule has 0 spiro atoms. The van der Waals surface area contributed by atoms with Gasteiger partial charge in [-0.25, -0.2) is 0 Å². The average Bonchev–Trinajstić information content (AvgIpc) is 2.83. The highest BCUT2D eigenvalue weighted by atomic mass is 28.3. The highest BCUT2D eigenvalue weighted by Gasteiger charge is 2.42. The molecule has 0 bridgehead atoms. The third-order valence-corrected chi connectivity index (χ3v) is 18.2. The SMILES string of the molecule is C#C[C@@H](C)[C@H](C)[C@@H](C)[C@H](C)[C@@H](C)[C@H](C)[C@@H](C)[C@H](C)[C@@H](C)[C@H](C)[C@@H](C)C#C[Si](C(C)C)(C(C)C)C(C)C. The summed E-state index contributed by atoms with van der Waals surface area (Å²) in [7, 11) is -1.67. The molecule has 0 aromatic heterocycles. The maximum Gasteiger partial charge on any atom is 0.145 e. The van der Waals surface area contributed by atoms with Crippen LogP contribution in [0.2, 0.25) is 16.6 Å². The van der Waals surface area contributed by atoms with Crippen molar-refractivity contribution in [2.75, 3.05) is 0 Å². The standard InChI is InChI=1S/C35H66Si/c1-19-25(8)27(10)29(12)31(14)33(16)35(18)34(17)32(15)30(13)28(11)26(9)20-21-36(22(2)3,23(4)5)24(6)7/h1,22-35H,2-18H3/t25-,26+,27+,28-,29-,30+,31+,32-,33-,34+,35+/m1/s1. The van der Waals surface area contributed by atoms with Crippen molar-refractivity contribution in [1.82, 2.24) is 0 Å². The Kier molecular flexibility index (Phi) is 14.8. The van der Waals surface area contributed by atoms with E-state index < -0.39 is 8.07 Å². The van der Waals surface area contributed by atoms with E-state index in [1.165, 1.54) is 0 Å². The van der Waals surface area contributed by atoms with Gasteiger partial charge in [-0.1, -0.05) is 118 Å². The molecule has 0 unspecified atom stereocenters. The topological polar surface area (TPSA) is 0 Å². The van der Waals surface area contributed by atoms with Crippen molar-refractivity contribution < 1.29 is 0 Å². The maximum atomic E-state index is 5.75. The molecule has 11 atom stereocenters. The maximum absolute atomic E-state index is 5.75. The third-order valence-electron chi connectivity index (χ3n) is 11.9. The molecule has 0 saturated carbocycles. The van der Waals surface area contributed by atoms with Gasteiger partial charge in [0, 0.05) is 11.8 Å². The molecule has 0 aromatic rings. The van der Waals surface area contributed by atoms with Crippen LogP contribution in [0.5, 0.6) is 0 Å². The Hall–Kier alpha value is -0.663. The minimum absolute atomic E-state index is 0.341. The van der Waals surface area contributed by atoms with Crippen molar-refractivity contribution >= 4 is 8.07 Å². The second-order valence-corrected chi connectivity index (χ2v) is 19.7. The van der Waals surface area contributed by atoms with Crippen molar-refractivity contribution in [3.63, 3.8) is 0 Å². The van der Waals surface area contributed by atoms with E-state index in [0.717, 1.165) is 0 Å². The summed E-state index contributed by atoms with van der Waals surface area (Å²) in [6.07, 6.45) is 5.75. The van der Waals surface area contributed by atoms with E-state index >= 15 is 0 Å². The molecular formula is C35H66Si. The second-order valence-electron chi connectivity index (χ2n) is 14.1. The lowest BCUT2D eigenvalue weighted by atomic mass is 9.64. The molecule has 0 nitrogen and oxygen atoms in total. The van der Waals surface area contributed by atoms with Crippen LogP contribution in [0.3, 0.4) is 0 Å². The molecule has 0 fully saturated rings. The monoisotopic (exact) mass is 514 g/mol. The van der Waals surface area contributed by atoms with Crippen LogP contribution in [0, 0.1) is 88.9 Å². The van der Waals surface area contributed by atoms with E-state index in [4.69, 9.17) is 6.42 Å². The number of hydrogen-bond acceptors (Lipinski definition) is 0. The Morgan fingerprint density at radius 1 is 0.389 bits per heavy atom. The highest BCUT2D eigenvalue weighted by Crippen LogP contribution is 2.43. The molecule has 0 aromatic carbocycles. The van der Waals surface area contributed by atoms with Crippen LogP contribution < -0.4 is 0 Å². The summed E-state index contributed by atoms with van der Waals surface area (Å²) in [5.41, 5.74) is 6.09. The van der Waals surface area contributed by atoms with Crippen molar-refractivity contribution in [3.8, 4) is 23.8 Å². The van der Waals surface area contributed by atoms with Gasteiger partial charge >= 0.3 is 0 Å². The minimum atomic E-state index is -1.67. The molecule has 0 aliphatic carbocycles.